The van der Waals surface area contributed by atoms with Gasteiger partial charge in [0.1, 0.15) is 0 Å². The van der Waals surface area contributed by atoms with Gasteiger partial charge in [-0.1, -0.05) is 41.9 Å². The van der Waals surface area contributed by atoms with E-state index in [0.717, 1.165) is 37.3 Å². The summed E-state index contributed by atoms with van der Waals surface area (Å²) in [6, 6.07) is 14.4. The molecule has 29 heavy (non-hydrogen) atoms. The maximum atomic E-state index is 12.8. The molecule has 5 nitrogen and oxygen atoms in total. The zero-order valence-electron chi connectivity index (χ0n) is 17.1. The van der Waals surface area contributed by atoms with Crippen molar-refractivity contribution in [2.75, 3.05) is 27.3 Å². The summed E-state index contributed by atoms with van der Waals surface area (Å²) in [4.78, 5) is 15.3. The van der Waals surface area contributed by atoms with Gasteiger partial charge in [0.2, 0.25) is 0 Å². The number of rotatable bonds is 7. The SMILES string of the molecule is COc1cc2sn(CCC3CCN(Cc4ccccc4)CC3)c(=O)c2cc1OC. The summed E-state index contributed by atoms with van der Waals surface area (Å²) in [6.45, 7) is 4.09. The molecule has 0 bridgehead atoms. The molecule has 0 aliphatic carbocycles. The average molecular weight is 413 g/mol. The lowest BCUT2D eigenvalue weighted by atomic mass is 9.93. The maximum absolute atomic E-state index is 12.8. The van der Waals surface area contributed by atoms with E-state index in [9.17, 15) is 4.79 Å². The zero-order valence-corrected chi connectivity index (χ0v) is 17.9. The fourth-order valence-electron chi connectivity index (χ4n) is 4.12. The van der Waals surface area contributed by atoms with Crippen LogP contribution in [0.5, 0.6) is 11.5 Å². The van der Waals surface area contributed by atoms with Gasteiger partial charge in [0.15, 0.2) is 11.5 Å². The second-order valence-corrected chi connectivity index (χ2v) is 8.76. The first-order chi connectivity index (χ1) is 14.2. The Bertz CT molecular complexity index is 1000. The molecule has 0 spiro atoms. The Morgan fingerprint density at radius 3 is 2.41 bits per heavy atom. The van der Waals surface area contributed by atoms with Gasteiger partial charge in [-0.15, -0.1) is 0 Å². The fourth-order valence-corrected chi connectivity index (χ4v) is 5.14. The quantitative estimate of drug-likeness (QED) is 0.578. The van der Waals surface area contributed by atoms with Crippen LogP contribution in [0.2, 0.25) is 0 Å². The van der Waals surface area contributed by atoms with Crippen LogP contribution in [0, 0.1) is 5.92 Å². The molecule has 2 heterocycles. The van der Waals surface area contributed by atoms with Crippen LogP contribution in [0.15, 0.2) is 47.3 Å². The molecule has 1 fully saturated rings. The summed E-state index contributed by atoms with van der Waals surface area (Å²) in [5.74, 6) is 1.95. The van der Waals surface area contributed by atoms with Crippen LogP contribution in [0.3, 0.4) is 0 Å². The number of fused-ring (bicyclic) bond motifs is 1. The molecule has 0 saturated carbocycles. The van der Waals surface area contributed by atoms with Crippen molar-refractivity contribution in [1.29, 1.82) is 0 Å². The highest BCUT2D eigenvalue weighted by Crippen LogP contribution is 2.33. The molecule has 1 aliphatic rings. The standard InChI is InChI=1S/C23H28N2O3S/c1-27-20-14-19-22(15-21(20)28-2)29-25(23(19)26)13-10-17-8-11-24(12-9-17)16-18-6-4-3-5-7-18/h3-7,14-15,17H,8-13,16H2,1-2H3. The van der Waals surface area contributed by atoms with E-state index in [1.54, 1.807) is 20.3 Å². The van der Waals surface area contributed by atoms with E-state index < -0.39 is 0 Å². The van der Waals surface area contributed by atoms with Crippen LogP contribution in [-0.4, -0.2) is 36.2 Å². The number of piperidine rings is 1. The number of aromatic nitrogens is 1. The summed E-state index contributed by atoms with van der Waals surface area (Å²) in [6.07, 6.45) is 3.46. The summed E-state index contributed by atoms with van der Waals surface area (Å²) in [7, 11) is 3.21. The van der Waals surface area contributed by atoms with E-state index in [1.807, 2.05) is 10.0 Å². The number of hydrogen-bond donors (Lipinski definition) is 0. The van der Waals surface area contributed by atoms with Crippen LogP contribution in [0.4, 0.5) is 0 Å². The molecule has 3 aromatic rings. The van der Waals surface area contributed by atoms with Gasteiger partial charge >= 0.3 is 0 Å². The van der Waals surface area contributed by atoms with Crippen LogP contribution in [0.1, 0.15) is 24.8 Å². The largest absolute Gasteiger partial charge is 0.493 e. The van der Waals surface area contributed by atoms with E-state index in [4.69, 9.17) is 9.47 Å². The number of benzene rings is 2. The lowest BCUT2D eigenvalue weighted by Gasteiger charge is -2.32. The number of nitrogens with zero attached hydrogens (tertiary/aromatic N) is 2. The average Bonchev–Trinajstić information content (AvgIpc) is 3.07. The predicted molar refractivity (Wildman–Crippen MR) is 118 cm³/mol. The van der Waals surface area contributed by atoms with E-state index in [0.29, 0.717) is 22.8 Å². The number of likely N-dealkylation sites (tertiary alicyclic amines) is 1. The molecule has 0 radical (unpaired) electrons. The van der Waals surface area contributed by atoms with Crippen molar-refractivity contribution >= 4 is 21.6 Å². The minimum Gasteiger partial charge on any atom is -0.493 e. The van der Waals surface area contributed by atoms with E-state index >= 15 is 0 Å². The molecule has 1 saturated heterocycles. The lowest BCUT2D eigenvalue weighted by Crippen LogP contribution is -2.33. The second-order valence-electron chi connectivity index (χ2n) is 7.70. The molecule has 4 rings (SSSR count). The van der Waals surface area contributed by atoms with Gasteiger partial charge in [0.25, 0.3) is 5.56 Å². The Balaban J connectivity index is 1.35. The third-order valence-electron chi connectivity index (χ3n) is 5.85. The maximum Gasteiger partial charge on any atom is 0.268 e. The normalized spacial score (nSPS) is 15.7. The summed E-state index contributed by atoms with van der Waals surface area (Å²) in [5, 5.41) is 0.713. The third kappa shape index (κ3) is 4.49. The van der Waals surface area contributed by atoms with E-state index in [2.05, 4.69) is 35.2 Å². The molecular formula is C23H28N2O3S. The van der Waals surface area contributed by atoms with Crippen molar-refractivity contribution in [3.8, 4) is 11.5 Å². The molecular weight excluding hydrogens is 384 g/mol. The van der Waals surface area contributed by atoms with Crippen LogP contribution >= 0.6 is 11.5 Å². The molecule has 154 valence electrons. The number of hydrogen-bond acceptors (Lipinski definition) is 5. The van der Waals surface area contributed by atoms with Gasteiger partial charge in [0.05, 0.1) is 24.3 Å². The molecule has 0 amide bonds. The van der Waals surface area contributed by atoms with Crippen LogP contribution in [-0.2, 0) is 13.1 Å². The van der Waals surface area contributed by atoms with Gasteiger partial charge in [-0.25, -0.2) is 0 Å². The van der Waals surface area contributed by atoms with Crippen LogP contribution < -0.4 is 15.0 Å². The monoisotopic (exact) mass is 412 g/mol. The fraction of sp³-hybridized carbons (Fsp3) is 0.435. The number of ether oxygens (including phenoxy) is 2. The number of aryl methyl sites for hydroxylation is 1. The molecule has 1 aromatic heterocycles. The van der Waals surface area contributed by atoms with Crippen molar-refractivity contribution in [2.45, 2.75) is 32.4 Å². The lowest BCUT2D eigenvalue weighted by molar-refractivity contribution is 0.170. The molecule has 6 heteroatoms. The Labute approximate surface area is 175 Å². The summed E-state index contributed by atoms with van der Waals surface area (Å²) < 4.78 is 13.5. The topological polar surface area (TPSA) is 43.7 Å². The van der Waals surface area contributed by atoms with Crippen molar-refractivity contribution < 1.29 is 9.47 Å². The first kappa shape index (κ1) is 20.0. The van der Waals surface area contributed by atoms with Gasteiger partial charge in [-0.05, 0) is 49.9 Å². The highest BCUT2D eigenvalue weighted by Gasteiger charge is 2.20. The van der Waals surface area contributed by atoms with Crippen molar-refractivity contribution in [3.63, 3.8) is 0 Å². The highest BCUT2D eigenvalue weighted by molar-refractivity contribution is 7.13. The smallest absolute Gasteiger partial charge is 0.268 e. The molecule has 2 aromatic carbocycles. The van der Waals surface area contributed by atoms with Gasteiger partial charge in [-0.3, -0.25) is 13.7 Å². The Morgan fingerprint density at radius 2 is 1.72 bits per heavy atom. The van der Waals surface area contributed by atoms with E-state index in [-0.39, 0.29) is 5.56 Å². The molecule has 0 unspecified atom stereocenters. The minimum atomic E-state index is 0.0764. The second kappa shape index (κ2) is 9.01. The van der Waals surface area contributed by atoms with Gasteiger partial charge < -0.3 is 9.47 Å². The Hall–Kier alpha value is -2.31. The highest BCUT2D eigenvalue weighted by atomic mass is 32.1. The Morgan fingerprint density at radius 1 is 1.03 bits per heavy atom. The molecule has 1 aliphatic heterocycles. The first-order valence-corrected chi connectivity index (χ1v) is 11.0. The van der Waals surface area contributed by atoms with Gasteiger partial charge in [-0.2, -0.15) is 0 Å². The first-order valence-electron chi connectivity index (χ1n) is 10.2. The van der Waals surface area contributed by atoms with Crippen molar-refractivity contribution in [1.82, 2.24) is 8.86 Å². The predicted octanol–water partition coefficient (Wildman–Crippen LogP) is 4.38. The summed E-state index contributed by atoms with van der Waals surface area (Å²) in [5.41, 5.74) is 1.46. The molecule has 0 N–H and O–H groups in total. The summed E-state index contributed by atoms with van der Waals surface area (Å²) >= 11 is 1.52. The molecule has 0 atom stereocenters. The van der Waals surface area contributed by atoms with E-state index in [1.165, 1.54) is 29.9 Å². The van der Waals surface area contributed by atoms with Crippen LogP contribution in [0.25, 0.3) is 10.1 Å². The third-order valence-corrected chi connectivity index (χ3v) is 6.95. The Kier molecular flexibility index (Phi) is 6.21. The van der Waals surface area contributed by atoms with Crippen molar-refractivity contribution in [2.24, 2.45) is 5.92 Å². The zero-order chi connectivity index (χ0) is 20.2. The minimum absolute atomic E-state index is 0.0764. The number of methoxy groups -OCH3 is 2. The van der Waals surface area contributed by atoms with Crippen molar-refractivity contribution in [3.05, 3.63) is 58.4 Å². The van der Waals surface area contributed by atoms with Gasteiger partial charge in [0, 0.05) is 19.2 Å².